The molecule has 0 radical (unpaired) electrons. The van der Waals surface area contributed by atoms with E-state index in [1.165, 1.54) is 0 Å². The maximum Gasteiger partial charge on any atom is 0.410 e. The van der Waals surface area contributed by atoms with E-state index in [1.54, 1.807) is 0 Å². The van der Waals surface area contributed by atoms with Crippen LogP contribution in [0.3, 0.4) is 0 Å². The molecule has 0 spiro atoms. The largest absolute Gasteiger partial charge is 0.444 e. The van der Waals surface area contributed by atoms with Gasteiger partial charge in [-0.1, -0.05) is 6.07 Å². The molecule has 2 fully saturated rings. The molecule has 5 nitrogen and oxygen atoms in total. The minimum atomic E-state index is -0.463. The van der Waals surface area contributed by atoms with Gasteiger partial charge in [0.15, 0.2) is 0 Å². The SMILES string of the molecule is CC(C)(C)OC(=O)N1CC2CCN(c3cccc(C#N)c3)C2C1. The van der Waals surface area contributed by atoms with Crippen LogP contribution in [0.2, 0.25) is 0 Å². The van der Waals surface area contributed by atoms with Crippen molar-refractivity contribution in [3.8, 4) is 6.07 Å². The van der Waals surface area contributed by atoms with Crippen LogP contribution in [0.1, 0.15) is 32.8 Å². The highest BCUT2D eigenvalue weighted by Crippen LogP contribution is 2.35. The normalized spacial score (nSPS) is 23.6. The maximum atomic E-state index is 12.3. The molecule has 2 aliphatic heterocycles. The summed E-state index contributed by atoms with van der Waals surface area (Å²) >= 11 is 0. The number of hydrogen-bond donors (Lipinski definition) is 0. The molecule has 0 aliphatic carbocycles. The van der Waals surface area contributed by atoms with Gasteiger partial charge in [-0.05, 0) is 45.4 Å². The topological polar surface area (TPSA) is 56.6 Å². The Bertz CT molecular complexity index is 644. The molecule has 5 heteroatoms. The van der Waals surface area contributed by atoms with Gasteiger partial charge in [0.05, 0.1) is 17.7 Å². The lowest BCUT2D eigenvalue weighted by Crippen LogP contribution is -2.39. The summed E-state index contributed by atoms with van der Waals surface area (Å²) in [5.74, 6) is 0.480. The van der Waals surface area contributed by atoms with Crippen molar-refractivity contribution < 1.29 is 9.53 Å². The van der Waals surface area contributed by atoms with Gasteiger partial charge in [-0.15, -0.1) is 0 Å². The van der Waals surface area contributed by atoms with Gasteiger partial charge >= 0.3 is 6.09 Å². The van der Waals surface area contributed by atoms with Crippen molar-refractivity contribution in [3.63, 3.8) is 0 Å². The summed E-state index contributed by atoms with van der Waals surface area (Å²) < 4.78 is 5.49. The van der Waals surface area contributed by atoms with Crippen LogP contribution in [0, 0.1) is 17.2 Å². The van der Waals surface area contributed by atoms with Crippen LogP contribution in [-0.4, -0.2) is 42.3 Å². The molecular weight excluding hydrogens is 290 g/mol. The Morgan fingerprint density at radius 2 is 2.13 bits per heavy atom. The highest BCUT2D eigenvalue weighted by Gasteiger charge is 2.43. The van der Waals surface area contributed by atoms with Crippen LogP contribution >= 0.6 is 0 Å². The first-order valence-electron chi connectivity index (χ1n) is 8.12. The molecule has 2 heterocycles. The van der Waals surface area contributed by atoms with E-state index in [2.05, 4.69) is 11.0 Å². The monoisotopic (exact) mass is 313 g/mol. The zero-order chi connectivity index (χ0) is 16.6. The second-order valence-corrected chi connectivity index (χ2v) is 7.36. The lowest BCUT2D eigenvalue weighted by molar-refractivity contribution is 0.0284. The van der Waals surface area contributed by atoms with E-state index in [1.807, 2.05) is 49.9 Å². The summed E-state index contributed by atoms with van der Waals surface area (Å²) in [6, 6.07) is 10.2. The average Bonchev–Trinajstić information content (AvgIpc) is 3.05. The quantitative estimate of drug-likeness (QED) is 0.800. The van der Waals surface area contributed by atoms with Crippen molar-refractivity contribution in [2.24, 2.45) is 5.92 Å². The number of amides is 1. The molecule has 2 atom stereocenters. The molecule has 122 valence electrons. The lowest BCUT2D eigenvalue weighted by Gasteiger charge is -2.28. The molecule has 2 aliphatic rings. The van der Waals surface area contributed by atoms with Gasteiger partial charge < -0.3 is 14.5 Å². The van der Waals surface area contributed by atoms with Crippen LogP contribution in [-0.2, 0) is 4.74 Å². The van der Waals surface area contributed by atoms with Crippen LogP contribution in [0.15, 0.2) is 24.3 Å². The number of carbonyl (C=O) groups is 1. The Labute approximate surface area is 137 Å². The van der Waals surface area contributed by atoms with Gasteiger partial charge in [0, 0.05) is 31.2 Å². The second kappa shape index (κ2) is 5.77. The van der Waals surface area contributed by atoms with Crippen molar-refractivity contribution in [2.75, 3.05) is 24.5 Å². The molecular formula is C18H23N3O2. The fraction of sp³-hybridized carbons (Fsp3) is 0.556. The first-order valence-corrected chi connectivity index (χ1v) is 8.12. The van der Waals surface area contributed by atoms with Crippen molar-refractivity contribution in [2.45, 2.75) is 38.8 Å². The van der Waals surface area contributed by atoms with Crippen LogP contribution in [0.4, 0.5) is 10.5 Å². The number of anilines is 1. The zero-order valence-electron chi connectivity index (χ0n) is 14.0. The maximum absolute atomic E-state index is 12.3. The van der Waals surface area contributed by atoms with E-state index in [0.717, 1.165) is 25.2 Å². The number of ether oxygens (including phenoxy) is 1. The smallest absolute Gasteiger partial charge is 0.410 e. The molecule has 1 amide bonds. The third-order valence-corrected chi connectivity index (χ3v) is 4.51. The highest BCUT2D eigenvalue weighted by molar-refractivity contribution is 5.69. The first-order chi connectivity index (χ1) is 10.9. The Balaban J connectivity index is 1.72. The molecule has 2 saturated heterocycles. The molecule has 0 N–H and O–H groups in total. The number of rotatable bonds is 1. The fourth-order valence-corrected chi connectivity index (χ4v) is 3.51. The predicted molar refractivity (Wildman–Crippen MR) is 88.2 cm³/mol. The van der Waals surface area contributed by atoms with Gasteiger partial charge in [0.25, 0.3) is 0 Å². The number of benzene rings is 1. The van der Waals surface area contributed by atoms with E-state index < -0.39 is 5.60 Å². The second-order valence-electron chi connectivity index (χ2n) is 7.36. The minimum absolute atomic E-state index is 0.224. The Morgan fingerprint density at radius 1 is 1.35 bits per heavy atom. The Kier molecular flexibility index (Phi) is 3.93. The van der Waals surface area contributed by atoms with E-state index in [0.29, 0.717) is 24.1 Å². The third kappa shape index (κ3) is 3.26. The molecule has 0 aromatic heterocycles. The number of likely N-dealkylation sites (tertiary alicyclic amines) is 1. The molecule has 0 saturated carbocycles. The molecule has 1 aromatic carbocycles. The molecule has 0 bridgehead atoms. The number of nitrogens with zero attached hydrogens (tertiary/aromatic N) is 3. The standard InChI is InChI=1S/C18H23N3O2/c1-18(2,3)23-17(22)20-11-14-7-8-21(16(14)12-20)15-6-4-5-13(9-15)10-19/h4-6,9,14,16H,7-8,11-12H2,1-3H3. The minimum Gasteiger partial charge on any atom is -0.444 e. The summed E-state index contributed by atoms with van der Waals surface area (Å²) in [4.78, 5) is 16.4. The van der Waals surface area contributed by atoms with Crippen molar-refractivity contribution in [1.82, 2.24) is 4.90 Å². The number of carbonyl (C=O) groups excluding carboxylic acids is 1. The number of hydrogen-bond acceptors (Lipinski definition) is 4. The van der Waals surface area contributed by atoms with E-state index in [9.17, 15) is 4.79 Å². The fourth-order valence-electron chi connectivity index (χ4n) is 3.51. The van der Waals surface area contributed by atoms with Gasteiger partial charge in [0.2, 0.25) is 0 Å². The predicted octanol–water partition coefficient (Wildman–Crippen LogP) is 3.00. The lowest BCUT2D eigenvalue weighted by atomic mass is 10.0. The summed E-state index contributed by atoms with van der Waals surface area (Å²) in [6.45, 7) is 8.10. The number of nitriles is 1. The Morgan fingerprint density at radius 3 is 2.83 bits per heavy atom. The number of fused-ring (bicyclic) bond motifs is 1. The van der Waals surface area contributed by atoms with E-state index in [4.69, 9.17) is 10.00 Å². The summed E-state index contributed by atoms with van der Waals surface area (Å²) in [5, 5.41) is 9.08. The molecule has 3 rings (SSSR count). The highest BCUT2D eigenvalue weighted by atomic mass is 16.6. The van der Waals surface area contributed by atoms with Gasteiger partial charge in [-0.25, -0.2) is 4.79 Å². The van der Waals surface area contributed by atoms with Crippen molar-refractivity contribution in [3.05, 3.63) is 29.8 Å². The third-order valence-electron chi connectivity index (χ3n) is 4.51. The first kappa shape index (κ1) is 15.7. The van der Waals surface area contributed by atoms with Crippen LogP contribution < -0.4 is 4.90 Å². The summed E-state index contributed by atoms with van der Waals surface area (Å²) in [7, 11) is 0. The molecule has 1 aromatic rings. The summed E-state index contributed by atoms with van der Waals surface area (Å²) in [5.41, 5.74) is 1.28. The molecule has 23 heavy (non-hydrogen) atoms. The van der Waals surface area contributed by atoms with Crippen LogP contribution in [0.25, 0.3) is 0 Å². The van der Waals surface area contributed by atoms with Gasteiger partial charge in [0.1, 0.15) is 5.60 Å². The van der Waals surface area contributed by atoms with E-state index in [-0.39, 0.29) is 6.09 Å². The van der Waals surface area contributed by atoms with E-state index >= 15 is 0 Å². The Hall–Kier alpha value is -2.22. The van der Waals surface area contributed by atoms with Gasteiger partial charge in [-0.2, -0.15) is 5.26 Å². The zero-order valence-corrected chi connectivity index (χ0v) is 14.0. The average molecular weight is 313 g/mol. The van der Waals surface area contributed by atoms with Crippen LogP contribution in [0.5, 0.6) is 0 Å². The summed E-state index contributed by atoms with van der Waals surface area (Å²) in [6.07, 6.45) is 0.846. The molecule has 2 unspecified atom stereocenters. The van der Waals surface area contributed by atoms with Gasteiger partial charge in [-0.3, -0.25) is 0 Å². The van der Waals surface area contributed by atoms with Crippen molar-refractivity contribution >= 4 is 11.8 Å². The van der Waals surface area contributed by atoms with Crippen molar-refractivity contribution in [1.29, 1.82) is 5.26 Å².